The molecule has 0 atom stereocenters. The molecule has 0 aliphatic carbocycles. The number of carbonyl (C=O) groups excluding carboxylic acids is 1. The van der Waals surface area contributed by atoms with E-state index in [1.54, 1.807) is 30.1 Å². The van der Waals surface area contributed by atoms with Crippen LogP contribution in [0.15, 0.2) is 48.5 Å². The number of nitrogens with zero attached hydrogens (tertiary/aromatic N) is 1. The first-order valence-electron chi connectivity index (χ1n) is 6.46. The summed E-state index contributed by atoms with van der Waals surface area (Å²) in [6.45, 7) is 0.975. The maximum Gasteiger partial charge on any atom is 0.254 e. The van der Waals surface area contributed by atoms with Crippen LogP contribution in [-0.4, -0.2) is 31.0 Å². The molecule has 1 amide bonds. The van der Waals surface area contributed by atoms with Gasteiger partial charge < -0.3 is 9.64 Å². The van der Waals surface area contributed by atoms with Gasteiger partial charge in [0.2, 0.25) is 0 Å². The van der Waals surface area contributed by atoms with Gasteiger partial charge in [0, 0.05) is 15.6 Å². The van der Waals surface area contributed by atoms with Crippen molar-refractivity contribution in [1.82, 2.24) is 4.90 Å². The second-order valence-corrected chi connectivity index (χ2v) is 6.11. The molecule has 5 heteroatoms. The van der Waals surface area contributed by atoms with Crippen molar-refractivity contribution in [1.29, 1.82) is 0 Å². The van der Waals surface area contributed by atoms with Gasteiger partial charge in [0.05, 0.1) is 12.1 Å². The average Bonchev–Trinajstić information content (AvgIpc) is 2.47. The SMILES string of the molecule is CN(CCOc1ccccc1)C(=O)c1ccc(Cl)cc1I. The molecule has 21 heavy (non-hydrogen) atoms. The summed E-state index contributed by atoms with van der Waals surface area (Å²) in [7, 11) is 1.77. The second kappa shape index (κ2) is 7.66. The van der Waals surface area contributed by atoms with Gasteiger partial charge in [0.25, 0.3) is 5.91 Å². The van der Waals surface area contributed by atoms with E-state index in [4.69, 9.17) is 16.3 Å². The summed E-state index contributed by atoms with van der Waals surface area (Å²) in [6, 6.07) is 14.8. The van der Waals surface area contributed by atoms with Gasteiger partial charge in [-0.3, -0.25) is 4.79 Å². The number of carbonyl (C=O) groups is 1. The van der Waals surface area contributed by atoms with E-state index in [9.17, 15) is 4.79 Å². The molecule has 3 nitrogen and oxygen atoms in total. The standard InChI is InChI=1S/C16H15ClINO2/c1-19(9-10-21-13-5-3-2-4-6-13)16(20)14-8-7-12(17)11-15(14)18/h2-8,11H,9-10H2,1H3. The first kappa shape index (κ1) is 16.1. The molecule has 0 aliphatic heterocycles. The Bertz CT molecular complexity index is 619. The van der Waals surface area contributed by atoms with Crippen molar-refractivity contribution >= 4 is 40.1 Å². The summed E-state index contributed by atoms with van der Waals surface area (Å²) in [6.07, 6.45) is 0. The molecule has 0 spiro atoms. The van der Waals surface area contributed by atoms with Gasteiger partial charge in [-0.1, -0.05) is 29.8 Å². The van der Waals surface area contributed by atoms with Crippen molar-refractivity contribution < 1.29 is 9.53 Å². The van der Waals surface area contributed by atoms with Crippen LogP contribution in [0.25, 0.3) is 0 Å². The van der Waals surface area contributed by atoms with Crippen LogP contribution in [-0.2, 0) is 0 Å². The largest absolute Gasteiger partial charge is 0.492 e. The number of ether oxygens (including phenoxy) is 1. The van der Waals surface area contributed by atoms with Gasteiger partial charge in [-0.05, 0) is 52.9 Å². The Hall–Kier alpha value is -1.27. The van der Waals surface area contributed by atoms with Gasteiger partial charge in [0.1, 0.15) is 12.4 Å². The number of amides is 1. The number of benzene rings is 2. The van der Waals surface area contributed by atoms with Crippen molar-refractivity contribution in [2.75, 3.05) is 20.2 Å². The van der Waals surface area contributed by atoms with E-state index in [2.05, 4.69) is 22.6 Å². The molecule has 0 radical (unpaired) electrons. The Morgan fingerprint density at radius 1 is 1.24 bits per heavy atom. The number of para-hydroxylation sites is 1. The molecule has 0 aliphatic rings. The minimum absolute atomic E-state index is 0.0345. The molecule has 0 N–H and O–H groups in total. The Morgan fingerprint density at radius 2 is 1.95 bits per heavy atom. The Kier molecular flexibility index (Phi) is 5.87. The van der Waals surface area contributed by atoms with Gasteiger partial charge in [-0.2, -0.15) is 0 Å². The summed E-state index contributed by atoms with van der Waals surface area (Å²) in [5.74, 6) is 0.771. The zero-order valence-electron chi connectivity index (χ0n) is 11.6. The molecule has 110 valence electrons. The fourth-order valence-corrected chi connectivity index (χ4v) is 2.89. The van der Waals surface area contributed by atoms with E-state index in [1.165, 1.54) is 0 Å². The highest BCUT2D eigenvalue weighted by molar-refractivity contribution is 14.1. The lowest BCUT2D eigenvalue weighted by molar-refractivity contribution is 0.0773. The molecule has 0 bridgehead atoms. The summed E-state index contributed by atoms with van der Waals surface area (Å²) >= 11 is 8.02. The van der Waals surface area contributed by atoms with Crippen LogP contribution >= 0.6 is 34.2 Å². The van der Waals surface area contributed by atoms with E-state index in [1.807, 2.05) is 30.3 Å². The number of rotatable bonds is 5. The summed E-state index contributed by atoms with van der Waals surface area (Å²) in [5.41, 5.74) is 0.655. The third kappa shape index (κ3) is 4.61. The fourth-order valence-electron chi connectivity index (χ4n) is 1.79. The van der Waals surface area contributed by atoms with Crippen LogP contribution in [0.1, 0.15) is 10.4 Å². The molecule has 0 saturated carbocycles. The van der Waals surface area contributed by atoms with E-state index < -0.39 is 0 Å². The van der Waals surface area contributed by atoms with Crippen molar-refractivity contribution in [3.8, 4) is 5.75 Å². The minimum atomic E-state index is -0.0345. The molecule has 0 aromatic heterocycles. The van der Waals surface area contributed by atoms with E-state index in [0.29, 0.717) is 23.7 Å². The highest BCUT2D eigenvalue weighted by Crippen LogP contribution is 2.19. The van der Waals surface area contributed by atoms with Crippen LogP contribution in [0.5, 0.6) is 5.75 Å². The summed E-state index contributed by atoms with van der Waals surface area (Å²) in [5, 5.41) is 0.631. The van der Waals surface area contributed by atoms with Crippen LogP contribution in [0.4, 0.5) is 0 Å². The zero-order valence-corrected chi connectivity index (χ0v) is 14.5. The molecule has 0 heterocycles. The maximum absolute atomic E-state index is 12.3. The van der Waals surface area contributed by atoms with Crippen molar-refractivity contribution in [2.24, 2.45) is 0 Å². The predicted molar refractivity (Wildman–Crippen MR) is 93.1 cm³/mol. The topological polar surface area (TPSA) is 29.5 Å². The van der Waals surface area contributed by atoms with E-state index in [0.717, 1.165) is 9.32 Å². The molecule has 0 unspecified atom stereocenters. The zero-order chi connectivity index (χ0) is 15.2. The van der Waals surface area contributed by atoms with Crippen molar-refractivity contribution in [2.45, 2.75) is 0 Å². The molecular weight excluding hydrogens is 401 g/mol. The smallest absolute Gasteiger partial charge is 0.254 e. The monoisotopic (exact) mass is 415 g/mol. The van der Waals surface area contributed by atoms with Gasteiger partial charge in [0.15, 0.2) is 0 Å². The second-order valence-electron chi connectivity index (χ2n) is 4.51. The maximum atomic E-state index is 12.3. The molecule has 2 rings (SSSR count). The quantitative estimate of drug-likeness (QED) is 0.688. The fraction of sp³-hybridized carbons (Fsp3) is 0.188. The molecule has 2 aromatic carbocycles. The first-order valence-corrected chi connectivity index (χ1v) is 7.92. The predicted octanol–water partition coefficient (Wildman–Crippen LogP) is 4.10. The third-order valence-electron chi connectivity index (χ3n) is 2.95. The highest BCUT2D eigenvalue weighted by atomic mass is 127. The van der Waals surface area contributed by atoms with Gasteiger partial charge >= 0.3 is 0 Å². The van der Waals surface area contributed by atoms with Crippen LogP contribution in [0, 0.1) is 3.57 Å². The summed E-state index contributed by atoms with van der Waals surface area (Å²) in [4.78, 5) is 14.0. The summed E-state index contributed by atoms with van der Waals surface area (Å²) < 4.78 is 6.44. The lowest BCUT2D eigenvalue weighted by Gasteiger charge is -2.18. The molecule has 0 saturated heterocycles. The van der Waals surface area contributed by atoms with E-state index in [-0.39, 0.29) is 5.91 Å². The lowest BCUT2D eigenvalue weighted by atomic mass is 10.2. The highest BCUT2D eigenvalue weighted by Gasteiger charge is 2.14. The molecular formula is C16H15ClINO2. The van der Waals surface area contributed by atoms with Crippen LogP contribution < -0.4 is 4.74 Å². The first-order chi connectivity index (χ1) is 10.1. The normalized spacial score (nSPS) is 10.2. The van der Waals surface area contributed by atoms with E-state index >= 15 is 0 Å². The average molecular weight is 416 g/mol. The number of hydrogen-bond donors (Lipinski definition) is 0. The van der Waals surface area contributed by atoms with Gasteiger partial charge in [-0.15, -0.1) is 0 Å². The Balaban J connectivity index is 1.90. The molecule has 2 aromatic rings. The van der Waals surface area contributed by atoms with Crippen molar-refractivity contribution in [3.05, 3.63) is 62.7 Å². The minimum Gasteiger partial charge on any atom is -0.492 e. The van der Waals surface area contributed by atoms with Crippen LogP contribution in [0.2, 0.25) is 5.02 Å². The number of likely N-dealkylation sites (N-methyl/N-ethyl adjacent to an activating group) is 1. The molecule has 0 fully saturated rings. The Labute approximate surface area is 143 Å². The van der Waals surface area contributed by atoms with Gasteiger partial charge in [-0.25, -0.2) is 0 Å². The number of halogens is 2. The lowest BCUT2D eigenvalue weighted by Crippen LogP contribution is -2.31. The Morgan fingerprint density at radius 3 is 2.62 bits per heavy atom. The third-order valence-corrected chi connectivity index (χ3v) is 4.07. The van der Waals surface area contributed by atoms with Crippen molar-refractivity contribution in [3.63, 3.8) is 0 Å². The van der Waals surface area contributed by atoms with Crippen LogP contribution in [0.3, 0.4) is 0 Å². The number of hydrogen-bond acceptors (Lipinski definition) is 2.